The van der Waals surface area contributed by atoms with Crippen LogP contribution in [-0.4, -0.2) is 0 Å². The molecular formula is C6H9. The number of hydrogen-bond donors (Lipinski definition) is 0. The first-order valence-electron chi connectivity index (χ1n) is 2.33. The van der Waals surface area contributed by atoms with Crippen molar-refractivity contribution in [1.29, 1.82) is 0 Å². The minimum atomic E-state index is 0.444. The van der Waals surface area contributed by atoms with Gasteiger partial charge in [-0.05, 0) is 18.3 Å². The van der Waals surface area contributed by atoms with Gasteiger partial charge in [-0.3, -0.25) is 0 Å². The van der Waals surface area contributed by atoms with E-state index in [1.165, 1.54) is 12.8 Å². The molecule has 0 nitrogen and oxygen atoms in total. The molecule has 1 aliphatic carbocycles. The molecule has 6 heavy (non-hydrogen) atoms. The van der Waals surface area contributed by atoms with E-state index in [0.717, 1.165) is 0 Å². The van der Waals surface area contributed by atoms with Crippen LogP contribution in [0.5, 0.6) is 0 Å². The minimum Gasteiger partial charge on any atom is -0.0786 e. The molecule has 1 radical (unpaired) electrons. The Balaban J connectivity index is 2.47. The van der Waals surface area contributed by atoms with Gasteiger partial charge >= 0.3 is 0 Å². The first-order chi connectivity index (χ1) is 2.77. The van der Waals surface area contributed by atoms with Crippen LogP contribution in [0, 0.1) is 12.0 Å². The lowest BCUT2D eigenvalue weighted by Gasteiger charge is -1.90. The molecule has 0 aromatic rings. The highest BCUT2D eigenvalue weighted by Gasteiger charge is 2.33. The van der Waals surface area contributed by atoms with Gasteiger partial charge < -0.3 is 0 Å². The number of rotatable bonds is 1. The van der Waals surface area contributed by atoms with Gasteiger partial charge in [0.2, 0.25) is 0 Å². The summed E-state index contributed by atoms with van der Waals surface area (Å²) in [4.78, 5) is 0. The van der Waals surface area contributed by atoms with E-state index >= 15 is 0 Å². The summed E-state index contributed by atoms with van der Waals surface area (Å²) in [6.45, 7) is 7.42. The van der Waals surface area contributed by atoms with E-state index in [4.69, 9.17) is 6.58 Å². The zero-order chi connectivity index (χ0) is 4.62. The Hall–Kier alpha value is -0.260. The van der Waals surface area contributed by atoms with Gasteiger partial charge in [-0.15, -0.1) is 0 Å². The maximum absolute atomic E-state index is 5.24. The van der Waals surface area contributed by atoms with Crippen molar-refractivity contribution in [2.75, 3.05) is 0 Å². The summed E-state index contributed by atoms with van der Waals surface area (Å²) in [6.07, 6.45) is 4.39. The van der Waals surface area contributed by atoms with Gasteiger partial charge in [0.25, 0.3) is 0 Å². The van der Waals surface area contributed by atoms with Crippen LogP contribution in [-0.2, 0) is 0 Å². The fourth-order valence-corrected chi connectivity index (χ4v) is 0.364. The maximum Gasteiger partial charge on any atom is -0.0143 e. The van der Waals surface area contributed by atoms with Crippen LogP contribution in [0.4, 0.5) is 0 Å². The van der Waals surface area contributed by atoms with E-state index in [1.807, 2.05) is 0 Å². The average Bonchev–Trinajstić information content (AvgIpc) is 2.22. The highest BCUT2D eigenvalue weighted by atomic mass is 14.4. The molecule has 0 saturated heterocycles. The van der Waals surface area contributed by atoms with Crippen LogP contribution in [0.2, 0.25) is 0 Å². The summed E-state index contributed by atoms with van der Waals surface area (Å²) >= 11 is 0. The van der Waals surface area contributed by atoms with Gasteiger partial charge in [-0.25, -0.2) is 0 Å². The van der Waals surface area contributed by atoms with Gasteiger partial charge in [0.05, 0.1) is 0 Å². The molecule has 0 atom stereocenters. The van der Waals surface area contributed by atoms with Crippen LogP contribution in [0.3, 0.4) is 0 Å². The molecule has 1 rings (SSSR count). The molecule has 0 unspecified atom stereocenters. The Morgan fingerprint density at radius 1 is 1.67 bits per heavy atom. The summed E-state index contributed by atoms with van der Waals surface area (Å²) in [6, 6.07) is 0. The van der Waals surface area contributed by atoms with Gasteiger partial charge in [0.1, 0.15) is 0 Å². The Kier molecular flexibility index (Phi) is 0.566. The van der Waals surface area contributed by atoms with Crippen LogP contribution < -0.4 is 0 Å². The third-order valence-electron chi connectivity index (χ3n) is 1.44. The molecule has 0 spiro atoms. The number of hydrogen-bond acceptors (Lipinski definition) is 0. The molecule has 1 saturated carbocycles. The Morgan fingerprint density at radius 3 is 2.17 bits per heavy atom. The molecule has 0 N–H and O–H groups in total. The van der Waals surface area contributed by atoms with Gasteiger partial charge in [-0.2, -0.15) is 0 Å². The van der Waals surface area contributed by atoms with Crippen molar-refractivity contribution >= 4 is 0 Å². The molecule has 0 heterocycles. The quantitative estimate of drug-likeness (QED) is 0.451. The highest BCUT2D eigenvalue weighted by Crippen LogP contribution is 2.45. The predicted molar refractivity (Wildman–Crippen MR) is 26.2 cm³/mol. The van der Waals surface area contributed by atoms with Crippen LogP contribution in [0.25, 0.3) is 0 Å². The third-order valence-corrected chi connectivity index (χ3v) is 1.44. The average molecular weight is 81.1 g/mol. The van der Waals surface area contributed by atoms with E-state index in [2.05, 4.69) is 6.92 Å². The molecule has 0 heteroatoms. The van der Waals surface area contributed by atoms with E-state index in [1.54, 1.807) is 6.08 Å². The molecular weight excluding hydrogens is 72.1 g/mol. The number of allylic oxidation sites excluding steroid dienone is 1. The molecule has 0 bridgehead atoms. The molecule has 1 aliphatic rings. The van der Waals surface area contributed by atoms with Crippen molar-refractivity contribution in [2.45, 2.75) is 19.8 Å². The summed E-state index contributed by atoms with van der Waals surface area (Å²) in [5.74, 6) is 0. The predicted octanol–water partition coefficient (Wildman–Crippen LogP) is 1.78. The fourth-order valence-electron chi connectivity index (χ4n) is 0.364. The maximum atomic E-state index is 5.24. The first kappa shape index (κ1) is 3.91. The van der Waals surface area contributed by atoms with Crippen LogP contribution in [0.1, 0.15) is 19.8 Å². The molecule has 0 aromatic heterocycles. The monoisotopic (exact) mass is 81.1 g/mol. The Bertz CT molecular complexity index is 68.1. The summed E-state index contributed by atoms with van der Waals surface area (Å²) in [5.41, 5.74) is 0.444. The largest absolute Gasteiger partial charge is 0.0786 e. The van der Waals surface area contributed by atoms with E-state index in [9.17, 15) is 0 Å². The van der Waals surface area contributed by atoms with Gasteiger partial charge in [0, 0.05) is 0 Å². The van der Waals surface area contributed by atoms with Gasteiger partial charge in [-0.1, -0.05) is 19.6 Å². The van der Waals surface area contributed by atoms with Crippen molar-refractivity contribution in [3.8, 4) is 0 Å². The Labute approximate surface area is 38.9 Å². The van der Waals surface area contributed by atoms with Crippen molar-refractivity contribution < 1.29 is 0 Å². The molecule has 1 fully saturated rings. The van der Waals surface area contributed by atoms with Gasteiger partial charge in [0.15, 0.2) is 0 Å². The molecule has 0 aromatic carbocycles. The summed E-state index contributed by atoms with van der Waals surface area (Å²) in [5, 5.41) is 0. The first-order valence-corrected chi connectivity index (χ1v) is 2.33. The van der Waals surface area contributed by atoms with E-state index in [-0.39, 0.29) is 0 Å². The van der Waals surface area contributed by atoms with Crippen molar-refractivity contribution in [2.24, 2.45) is 5.41 Å². The standard InChI is InChI=1S/C6H9/c1-3-6(2)4-5-6/h1,3H,4-5H2,2H3. The third kappa shape index (κ3) is 0.469. The van der Waals surface area contributed by atoms with Crippen molar-refractivity contribution in [1.82, 2.24) is 0 Å². The summed E-state index contributed by atoms with van der Waals surface area (Å²) < 4.78 is 0. The molecule has 0 amide bonds. The molecule has 33 valence electrons. The lowest BCUT2D eigenvalue weighted by Crippen LogP contribution is -1.79. The fraction of sp³-hybridized carbons (Fsp3) is 0.667. The van der Waals surface area contributed by atoms with E-state index in [0.29, 0.717) is 5.41 Å². The zero-order valence-corrected chi connectivity index (χ0v) is 4.07. The second-order valence-electron chi connectivity index (χ2n) is 2.32. The Morgan fingerprint density at radius 2 is 2.17 bits per heavy atom. The molecule has 0 aliphatic heterocycles. The van der Waals surface area contributed by atoms with E-state index < -0.39 is 0 Å². The van der Waals surface area contributed by atoms with Crippen molar-refractivity contribution in [3.63, 3.8) is 0 Å². The summed E-state index contributed by atoms with van der Waals surface area (Å²) in [7, 11) is 0. The second-order valence-corrected chi connectivity index (χ2v) is 2.32. The zero-order valence-electron chi connectivity index (χ0n) is 4.07. The smallest absolute Gasteiger partial charge is 0.0143 e. The topological polar surface area (TPSA) is 0 Å². The normalized spacial score (nSPS) is 26.2. The lowest BCUT2D eigenvalue weighted by atomic mass is 10.1. The highest BCUT2D eigenvalue weighted by molar-refractivity contribution is 5.00. The van der Waals surface area contributed by atoms with Crippen LogP contribution in [0.15, 0.2) is 6.08 Å². The lowest BCUT2D eigenvalue weighted by molar-refractivity contribution is 0.749. The van der Waals surface area contributed by atoms with Crippen molar-refractivity contribution in [3.05, 3.63) is 12.7 Å². The van der Waals surface area contributed by atoms with Crippen LogP contribution >= 0.6 is 0 Å². The second kappa shape index (κ2) is 0.868. The minimum absolute atomic E-state index is 0.444. The SMILES string of the molecule is [CH]=CC1(C)CC1.